The molecule has 1 unspecified atom stereocenters. The van der Waals surface area contributed by atoms with Crippen LogP contribution in [0.3, 0.4) is 0 Å². The molecule has 4 nitrogen and oxygen atoms in total. The van der Waals surface area contributed by atoms with Gasteiger partial charge < -0.3 is 9.29 Å². The monoisotopic (exact) mass is 275 g/mol. The van der Waals surface area contributed by atoms with E-state index in [-0.39, 0.29) is 12.0 Å². The first-order chi connectivity index (χ1) is 8.57. The second-order valence-electron chi connectivity index (χ2n) is 5.66. The van der Waals surface area contributed by atoms with E-state index in [1.807, 2.05) is 0 Å². The van der Waals surface area contributed by atoms with Crippen molar-refractivity contribution in [2.24, 2.45) is 5.92 Å². The molecule has 5 heteroatoms. The van der Waals surface area contributed by atoms with Gasteiger partial charge in [-0.2, -0.15) is 0 Å². The Morgan fingerprint density at radius 3 is 1.89 bits per heavy atom. The zero-order chi connectivity index (χ0) is 13.0. The molecule has 0 radical (unpaired) electrons. The smallest absolute Gasteiger partial charge is 0.150 e. The maximum absolute atomic E-state index is 11.4. The Bertz CT molecular complexity index is 340. The molecule has 0 spiro atoms. The SMILES string of the molecule is O=S(=O)([O-])C(OC1CCCCC1)C1CCCCC1. The maximum atomic E-state index is 11.4. The van der Waals surface area contributed by atoms with Crippen LogP contribution < -0.4 is 0 Å². The normalized spacial score (nSPS) is 26.1. The third-order valence-electron chi connectivity index (χ3n) is 4.20. The van der Waals surface area contributed by atoms with Crippen molar-refractivity contribution in [2.45, 2.75) is 75.7 Å². The Balaban J connectivity index is 2.00. The summed E-state index contributed by atoms with van der Waals surface area (Å²) in [5, 5.41) is 0. The van der Waals surface area contributed by atoms with E-state index in [2.05, 4.69) is 0 Å². The molecule has 0 heterocycles. The quantitative estimate of drug-likeness (QED) is 0.740. The standard InChI is InChI=1S/C13H24O4S/c14-18(15,16)13(11-7-3-1-4-8-11)17-12-9-5-2-6-10-12/h11-13H,1-10H2,(H,14,15,16)/p-1. The molecular weight excluding hydrogens is 252 g/mol. The van der Waals surface area contributed by atoms with Crippen molar-refractivity contribution in [1.82, 2.24) is 0 Å². The van der Waals surface area contributed by atoms with Gasteiger partial charge in [-0.05, 0) is 31.6 Å². The largest absolute Gasteiger partial charge is 0.746 e. The van der Waals surface area contributed by atoms with Crippen LogP contribution in [0.15, 0.2) is 0 Å². The van der Waals surface area contributed by atoms with Crippen molar-refractivity contribution in [1.29, 1.82) is 0 Å². The fraction of sp³-hybridized carbons (Fsp3) is 1.00. The number of hydrogen-bond donors (Lipinski definition) is 0. The summed E-state index contributed by atoms with van der Waals surface area (Å²) in [6.07, 6.45) is 9.96. The number of rotatable bonds is 4. The van der Waals surface area contributed by atoms with Gasteiger partial charge in [-0.15, -0.1) is 0 Å². The van der Waals surface area contributed by atoms with Crippen LogP contribution in [0.25, 0.3) is 0 Å². The van der Waals surface area contributed by atoms with Gasteiger partial charge in [0, 0.05) is 0 Å². The van der Waals surface area contributed by atoms with Gasteiger partial charge in [-0.1, -0.05) is 38.5 Å². The molecule has 2 saturated carbocycles. The second-order valence-corrected chi connectivity index (χ2v) is 7.11. The Hall–Kier alpha value is -0.130. The molecule has 18 heavy (non-hydrogen) atoms. The summed E-state index contributed by atoms with van der Waals surface area (Å²) in [5.74, 6) is -0.0804. The Morgan fingerprint density at radius 2 is 1.39 bits per heavy atom. The van der Waals surface area contributed by atoms with Gasteiger partial charge in [0.05, 0.1) is 6.10 Å². The average Bonchev–Trinajstić information content (AvgIpc) is 2.37. The van der Waals surface area contributed by atoms with Crippen molar-refractivity contribution in [3.63, 3.8) is 0 Å². The van der Waals surface area contributed by atoms with Gasteiger partial charge in [0.15, 0.2) is 0 Å². The van der Waals surface area contributed by atoms with Crippen LogP contribution >= 0.6 is 0 Å². The molecule has 0 aromatic heterocycles. The molecule has 0 bridgehead atoms. The molecule has 0 amide bonds. The Morgan fingerprint density at radius 1 is 0.889 bits per heavy atom. The van der Waals surface area contributed by atoms with Crippen LogP contribution in [0.2, 0.25) is 0 Å². The van der Waals surface area contributed by atoms with Crippen LogP contribution in [0.4, 0.5) is 0 Å². The van der Waals surface area contributed by atoms with E-state index in [0.29, 0.717) is 0 Å². The summed E-state index contributed by atoms with van der Waals surface area (Å²) in [6.45, 7) is 0. The predicted octanol–water partition coefficient (Wildman–Crippen LogP) is 2.79. The van der Waals surface area contributed by atoms with E-state index in [1.54, 1.807) is 0 Å². The minimum atomic E-state index is -4.34. The number of ether oxygens (including phenoxy) is 1. The van der Waals surface area contributed by atoms with Crippen molar-refractivity contribution < 1.29 is 17.7 Å². The minimum Gasteiger partial charge on any atom is -0.746 e. The summed E-state index contributed by atoms with van der Waals surface area (Å²) >= 11 is 0. The van der Waals surface area contributed by atoms with E-state index in [4.69, 9.17) is 4.74 Å². The zero-order valence-corrected chi connectivity index (χ0v) is 11.7. The predicted molar refractivity (Wildman–Crippen MR) is 68.0 cm³/mol. The summed E-state index contributed by atoms with van der Waals surface area (Å²) in [5.41, 5.74) is -1.10. The lowest BCUT2D eigenvalue weighted by Gasteiger charge is -2.35. The Kier molecular flexibility index (Phi) is 5.04. The van der Waals surface area contributed by atoms with Gasteiger partial charge in [-0.3, -0.25) is 0 Å². The van der Waals surface area contributed by atoms with E-state index < -0.39 is 15.6 Å². The first kappa shape index (κ1) is 14.3. The highest BCUT2D eigenvalue weighted by Gasteiger charge is 2.32. The highest BCUT2D eigenvalue weighted by atomic mass is 32.2. The molecule has 2 fully saturated rings. The minimum absolute atomic E-state index is 0.0191. The third kappa shape index (κ3) is 3.93. The lowest BCUT2D eigenvalue weighted by atomic mass is 9.89. The van der Waals surface area contributed by atoms with E-state index in [0.717, 1.165) is 57.8 Å². The molecule has 106 valence electrons. The molecule has 0 saturated heterocycles. The highest BCUT2D eigenvalue weighted by Crippen LogP contribution is 2.32. The van der Waals surface area contributed by atoms with Crippen molar-refractivity contribution >= 4 is 10.1 Å². The molecule has 2 aliphatic rings. The molecule has 1 atom stereocenters. The fourth-order valence-electron chi connectivity index (χ4n) is 3.21. The molecule has 0 aromatic carbocycles. The summed E-state index contributed by atoms with van der Waals surface area (Å²) in [6, 6.07) is 0. The maximum Gasteiger partial charge on any atom is 0.150 e. The number of hydrogen-bond acceptors (Lipinski definition) is 4. The Labute approximate surface area is 110 Å². The van der Waals surface area contributed by atoms with E-state index >= 15 is 0 Å². The van der Waals surface area contributed by atoms with Gasteiger partial charge in [-0.25, -0.2) is 8.42 Å². The van der Waals surface area contributed by atoms with E-state index in [1.165, 1.54) is 6.42 Å². The molecule has 0 N–H and O–H groups in total. The van der Waals surface area contributed by atoms with Gasteiger partial charge in [0.1, 0.15) is 15.6 Å². The zero-order valence-electron chi connectivity index (χ0n) is 10.8. The fourth-order valence-corrected chi connectivity index (χ4v) is 4.25. The first-order valence-corrected chi connectivity index (χ1v) is 8.64. The third-order valence-corrected chi connectivity index (χ3v) is 5.26. The van der Waals surface area contributed by atoms with Crippen LogP contribution in [-0.4, -0.2) is 24.5 Å². The summed E-state index contributed by atoms with van der Waals surface area (Å²) < 4.78 is 40.0. The summed E-state index contributed by atoms with van der Waals surface area (Å²) in [4.78, 5) is 0. The van der Waals surface area contributed by atoms with Gasteiger partial charge in [0.2, 0.25) is 0 Å². The topological polar surface area (TPSA) is 66.4 Å². The highest BCUT2D eigenvalue weighted by molar-refractivity contribution is 7.86. The lowest BCUT2D eigenvalue weighted by Crippen LogP contribution is -2.37. The van der Waals surface area contributed by atoms with Gasteiger partial charge in [0.25, 0.3) is 0 Å². The summed E-state index contributed by atoms with van der Waals surface area (Å²) in [7, 11) is -4.34. The first-order valence-electron chi connectivity index (χ1n) is 7.17. The van der Waals surface area contributed by atoms with Gasteiger partial charge >= 0.3 is 0 Å². The van der Waals surface area contributed by atoms with Crippen molar-refractivity contribution in [3.05, 3.63) is 0 Å². The van der Waals surface area contributed by atoms with Crippen molar-refractivity contribution in [2.75, 3.05) is 0 Å². The average molecular weight is 275 g/mol. The van der Waals surface area contributed by atoms with Crippen LogP contribution in [0, 0.1) is 5.92 Å². The molecule has 2 aliphatic carbocycles. The molecular formula is C13H23O4S-. The van der Waals surface area contributed by atoms with Crippen LogP contribution in [-0.2, 0) is 14.9 Å². The molecule has 0 aromatic rings. The molecule has 2 rings (SSSR count). The lowest BCUT2D eigenvalue weighted by molar-refractivity contribution is -0.0272. The molecule has 0 aliphatic heterocycles. The van der Waals surface area contributed by atoms with E-state index in [9.17, 15) is 13.0 Å². The second kappa shape index (κ2) is 6.35. The van der Waals surface area contributed by atoms with Crippen LogP contribution in [0.1, 0.15) is 64.2 Å². The van der Waals surface area contributed by atoms with Crippen molar-refractivity contribution in [3.8, 4) is 0 Å². The van der Waals surface area contributed by atoms with Crippen LogP contribution in [0.5, 0.6) is 0 Å².